The van der Waals surface area contributed by atoms with Crippen LogP contribution < -0.4 is 5.73 Å². The maximum absolute atomic E-state index is 13.5. The van der Waals surface area contributed by atoms with Gasteiger partial charge in [-0.2, -0.15) is 13.2 Å². The molecule has 1 aliphatic rings. The average molecular weight is 424 g/mol. The maximum Gasteiger partial charge on any atom is 0.443 e. The number of primary amides is 1. The quantitative estimate of drug-likeness (QED) is 0.764. The van der Waals surface area contributed by atoms with E-state index in [4.69, 9.17) is 22.1 Å². The number of alkyl halides is 3. The number of thiazole rings is 1. The van der Waals surface area contributed by atoms with E-state index in [0.717, 1.165) is 16.3 Å². The predicted molar refractivity (Wildman–Crippen MR) is 86.5 cm³/mol. The molecule has 144 valence electrons. The van der Waals surface area contributed by atoms with E-state index in [-0.39, 0.29) is 22.8 Å². The Morgan fingerprint density at radius 2 is 2.15 bits per heavy atom. The summed E-state index contributed by atoms with van der Waals surface area (Å²) in [5, 5.41) is -0.284. The van der Waals surface area contributed by atoms with Gasteiger partial charge in [0.05, 0.1) is 17.3 Å². The number of hydrogen-bond acceptors (Lipinski definition) is 5. The molecule has 2 heterocycles. The van der Waals surface area contributed by atoms with Crippen molar-refractivity contribution >= 4 is 34.9 Å². The van der Waals surface area contributed by atoms with Crippen LogP contribution >= 0.6 is 22.9 Å². The van der Waals surface area contributed by atoms with Crippen LogP contribution in [0.2, 0.25) is 5.02 Å². The van der Waals surface area contributed by atoms with Crippen molar-refractivity contribution in [2.24, 2.45) is 5.73 Å². The Morgan fingerprint density at radius 3 is 2.67 bits per heavy atom. The number of cyclic esters (lactones) is 1. The van der Waals surface area contributed by atoms with Crippen LogP contribution in [-0.4, -0.2) is 34.5 Å². The molecule has 1 aromatic carbocycles. The summed E-state index contributed by atoms with van der Waals surface area (Å²) in [6.45, 7) is -0.299. The molecule has 2 amide bonds. The first-order valence-electron chi connectivity index (χ1n) is 7.32. The number of aromatic nitrogens is 1. The highest BCUT2D eigenvalue weighted by Crippen LogP contribution is 2.38. The van der Waals surface area contributed by atoms with E-state index < -0.39 is 41.1 Å². The normalized spacial score (nSPS) is 18.5. The van der Waals surface area contributed by atoms with Gasteiger partial charge in [-0.3, -0.25) is 9.69 Å². The molecule has 0 spiro atoms. The van der Waals surface area contributed by atoms with Crippen molar-refractivity contribution < 1.29 is 31.9 Å². The van der Waals surface area contributed by atoms with Gasteiger partial charge in [0, 0.05) is 5.38 Å². The number of carbonyl (C=O) groups is 2. The van der Waals surface area contributed by atoms with Crippen LogP contribution in [0.3, 0.4) is 0 Å². The number of hydrogen-bond donors (Lipinski definition) is 1. The van der Waals surface area contributed by atoms with Gasteiger partial charge in [-0.05, 0) is 17.7 Å². The zero-order valence-electron chi connectivity index (χ0n) is 13.2. The lowest BCUT2D eigenvalue weighted by molar-refractivity contribution is -0.137. The summed E-state index contributed by atoms with van der Waals surface area (Å²) in [7, 11) is 0. The highest BCUT2D eigenvalue weighted by Gasteiger charge is 2.42. The van der Waals surface area contributed by atoms with Crippen LogP contribution in [0.4, 0.5) is 22.4 Å². The van der Waals surface area contributed by atoms with E-state index in [1.807, 2.05) is 0 Å². The Labute approximate surface area is 158 Å². The van der Waals surface area contributed by atoms with Gasteiger partial charge in [0.1, 0.15) is 11.9 Å². The maximum atomic E-state index is 13.5. The van der Waals surface area contributed by atoms with Crippen LogP contribution in [0.15, 0.2) is 23.6 Å². The van der Waals surface area contributed by atoms with Gasteiger partial charge in [-0.25, -0.2) is 14.2 Å². The minimum absolute atomic E-state index is 0.128. The second-order valence-electron chi connectivity index (χ2n) is 5.58. The Bertz CT molecular complexity index is 905. The molecule has 0 saturated carbocycles. The van der Waals surface area contributed by atoms with Gasteiger partial charge in [0.15, 0.2) is 11.1 Å². The predicted octanol–water partition coefficient (Wildman–Crippen LogP) is 3.35. The smallest absolute Gasteiger partial charge is 0.434 e. The van der Waals surface area contributed by atoms with E-state index in [1.165, 1.54) is 12.1 Å². The lowest BCUT2D eigenvalue weighted by atomic mass is 10.0. The first-order chi connectivity index (χ1) is 12.6. The standard InChI is InChI=1S/C15H10ClF4N3O3S/c16-7-3-6(1-2-8(7)17)11(9-5-27-13(22-9)15(18,19)20)23-4-10(12(21)24)26-14(23)25/h1-3,5,10-11H,4H2,(H2,21,24)/t10?,11-/m0/s1. The zero-order chi connectivity index (χ0) is 19.9. The molecule has 2 atom stereocenters. The molecule has 1 fully saturated rings. The van der Waals surface area contributed by atoms with Crippen LogP contribution in [0.25, 0.3) is 0 Å². The fraction of sp³-hybridized carbons (Fsp3) is 0.267. The van der Waals surface area contributed by atoms with Gasteiger partial charge < -0.3 is 10.5 Å². The molecule has 1 aliphatic heterocycles. The van der Waals surface area contributed by atoms with Crippen molar-refractivity contribution in [3.05, 3.63) is 50.7 Å². The fourth-order valence-electron chi connectivity index (χ4n) is 2.57. The van der Waals surface area contributed by atoms with Gasteiger partial charge >= 0.3 is 12.3 Å². The van der Waals surface area contributed by atoms with Crippen LogP contribution in [0.1, 0.15) is 22.3 Å². The molecule has 12 heteroatoms. The molecule has 1 unspecified atom stereocenters. The van der Waals surface area contributed by atoms with Crippen molar-refractivity contribution in [3.63, 3.8) is 0 Å². The molecular weight excluding hydrogens is 414 g/mol. The summed E-state index contributed by atoms with van der Waals surface area (Å²) in [4.78, 5) is 28.0. The number of ether oxygens (including phenoxy) is 1. The number of benzene rings is 1. The number of nitrogens with zero attached hydrogens (tertiary/aromatic N) is 2. The summed E-state index contributed by atoms with van der Waals surface area (Å²) >= 11 is 6.10. The molecule has 2 aromatic rings. The van der Waals surface area contributed by atoms with E-state index in [1.54, 1.807) is 0 Å². The third-order valence-corrected chi connectivity index (χ3v) is 4.97. The van der Waals surface area contributed by atoms with Crippen molar-refractivity contribution in [3.8, 4) is 0 Å². The lowest BCUT2D eigenvalue weighted by Crippen LogP contribution is -2.35. The van der Waals surface area contributed by atoms with Gasteiger partial charge in [0.2, 0.25) is 0 Å². The third-order valence-electron chi connectivity index (χ3n) is 3.77. The Hall–Kier alpha value is -2.40. The summed E-state index contributed by atoms with van der Waals surface area (Å²) < 4.78 is 57.1. The van der Waals surface area contributed by atoms with E-state index in [2.05, 4.69) is 4.98 Å². The monoisotopic (exact) mass is 423 g/mol. The number of nitrogens with two attached hydrogens (primary N) is 1. The van der Waals surface area contributed by atoms with Crippen LogP contribution in [-0.2, 0) is 15.7 Å². The van der Waals surface area contributed by atoms with Crippen molar-refractivity contribution in [2.75, 3.05) is 6.54 Å². The number of amides is 2. The molecule has 0 aliphatic carbocycles. The zero-order valence-corrected chi connectivity index (χ0v) is 14.7. The van der Waals surface area contributed by atoms with E-state index in [9.17, 15) is 27.2 Å². The molecular formula is C15H10ClF4N3O3S. The van der Waals surface area contributed by atoms with Gasteiger partial charge in [-0.15, -0.1) is 11.3 Å². The van der Waals surface area contributed by atoms with Crippen molar-refractivity contribution in [1.29, 1.82) is 0 Å². The van der Waals surface area contributed by atoms with Gasteiger partial charge in [-0.1, -0.05) is 17.7 Å². The summed E-state index contributed by atoms with van der Waals surface area (Å²) in [6, 6.07) is 2.25. The second-order valence-corrected chi connectivity index (χ2v) is 6.84. The lowest BCUT2D eigenvalue weighted by Gasteiger charge is -2.25. The Kier molecular flexibility index (Phi) is 5.00. The Morgan fingerprint density at radius 1 is 1.44 bits per heavy atom. The second kappa shape index (κ2) is 6.97. The molecule has 2 N–H and O–H groups in total. The molecule has 6 nitrogen and oxygen atoms in total. The highest BCUT2D eigenvalue weighted by molar-refractivity contribution is 7.09. The minimum atomic E-state index is -4.67. The first kappa shape index (κ1) is 19.4. The molecule has 0 bridgehead atoms. The van der Waals surface area contributed by atoms with Gasteiger partial charge in [0.25, 0.3) is 5.91 Å². The van der Waals surface area contributed by atoms with E-state index >= 15 is 0 Å². The highest BCUT2D eigenvalue weighted by atomic mass is 35.5. The van der Waals surface area contributed by atoms with Crippen LogP contribution in [0.5, 0.6) is 0 Å². The molecule has 0 radical (unpaired) electrons. The summed E-state index contributed by atoms with van der Waals surface area (Å²) in [5.41, 5.74) is 5.20. The molecule has 27 heavy (non-hydrogen) atoms. The SMILES string of the molecule is NC(=O)C1CN([C@@H](c2ccc(F)c(Cl)c2)c2csc(C(F)(F)F)n2)C(=O)O1. The first-order valence-corrected chi connectivity index (χ1v) is 8.58. The van der Waals surface area contributed by atoms with Crippen LogP contribution in [0, 0.1) is 5.82 Å². The van der Waals surface area contributed by atoms with Crippen molar-refractivity contribution in [1.82, 2.24) is 9.88 Å². The number of carbonyl (C=O) groups excluding carboxylic acids is 2. The topological polar surface area (TPSA) is 85.5 Å². The van der Waals surface area contributed by atoms with E-state index in [0.29, 0.717) is 11.3 Å². The third kappa shape index (κ3) is 3.83. The number of halogens is 5. The molecule has 1 aromatic heterocycles. The summed E-state index contributed by atoms with van der Waals surface area (Å²) in [5.74, 6) is -1.65. The number of rotatable bonds is 4. The minimum Gasteiger partial charge on any atom is -0.434 e. The average Bonchev–Trinajstić information content (AvgIpc) is 3.19. The molecule has 1 saturated heterocycles. The Balaban J connectivity index is 2.07. The fourth-order valence-corrected chi connectivity index (χ4v) is 3.47. The van der Waals surface area contributed by atoms with Crippen molar-refractivity contribution in [2.45, 2.75) is 18.3 Å². The molecule has 3 rings (SSSR count). The summed E-state index contributed by atoms with van der Waals surface area (Å²) in [6.07, 6.45) is -6.91. The largest absolute Gasteiger partial charge is 0.443 e.